The Morgan fingerprint density at radius 2 is 1.67 bits per heavy atom. The van der Waals surface area contributed by atoms with E-state index in [-0.39, 0.29) is 11.8 Å². The van der Waals surface area contributed by atoms with Gasteiger partial charge in [-0.3, -0.25) is 9.59 Å². The minimum atomic E-state index is -0.0102. The summed E-state index contributed by atoms with van der Waals surface area (Å²) in [5, 5.41) is 0. The van der Waals surface area contributed by atoms with Crippen LogP contribution in [-0.4, -0.2) is 52.9 Å². The maximum absolute atomic E-state index is 11.2. The van der Waals surface area contributed by atoms with E-state index in [9.17, 15) is 9.59 Å². The summed E-state index contributed by atoms with van der Waals surface area (Å²) in [6.07, 6.45) is 12.3. The van der Waals surface area contributed by atoms with Crippen molar-refractivity contribution < 1.29 is 9.59 Å². The van der Waals surface area contributed by atoms with Crippen molar-refractivity contribution >= 4 is 23.5 Å². The highest BCUT2D eigenvalue weighted by Crippen LogP contribution is 2.32. The van der Waals surface area contributed by atoms with Gasteiger partial charge in [-0.1, -0.05) is 0 Å². The Labute approximate surface area is 141 Å². The maximum Gasteiger partial charge on any atom is 0.267 e. The van der Waals surface area contributed by atoms with Crippen molar-refractivity contribution in [1.82, 2.24) is 9.80 Å². The molecule has 0 radical (unpaired) electrons. The number of piperidine rings is 1. The van der Waals surface area contributed by atoms with Crippen molar-refractivity contribution in [3.8, 4) is 0 Å². The fraction of sp³-hybridized carbons (Fsp3) is 0.556. The van der Waals surface area contributed by atoms with Gasteiger partial charge >= 0.3 is 0 Å². The zero-order valence-corrected chi connectivity index (χ0v) is 13.8. The van der Waals surface area contributed by atoms with Crippen LogP contribution in [0.4, 0.5) is 0 Å². The normalized spacial score (nSPS) is 24.8. The van der Waals surface area contributed by atoms with Gasteiger partial charge in [-0.25, -0.2) is 0 Å². The summed E-state index contributed by atoms with van der Waals surface area (Å²) < 4.78 is 0. The van der Waals surface area contributed by atoms with Gasteiger partial charge in [-0.2, -0.15) is 9.98 Å². The minimum absolute atomic E-state index is 0.0102. The Morgan fingerprint density at radius 1 is 0.875 bits per heavy atom. The fourth-order valence-corrected chi connectivity index (χ4v) is 3.86. The minimum Gasteiger partial charge on any atom is -0.351 e. The molecular weight excluding hydrogens is 304 g/mol. The summed E-state index contributed by atoms with van der Waals surface area (Å²) in [4.78, 5) is 34.0. The van der Waals surface area contributed by atoms with Crippen LogP contribution in [0.3, 0.4) is 0 Å². The van der Waals surface area contributed by atoms with Gasteiger partial charge in [0, 0.05) is 19.2 Å². The predicted molar refractivity (Wildman–Crippen MR) is 91.6 cm³/mol. The molecule has 0 aromatic carbocycles. The Morgan fingerprint density at radius 3 is 2.54 bits per heavy atom. The van der Waals surface area contributed by atoms with Crippen molar-refractivity contribution in [2.45, 2.75) is 44.9 Å². The first-order valence-corrected chi connectivity index (χ1v) is 8.85. The summed E-state index contributed by atoms with van der Waals surface area (Å²) >= 11 is 0. The molecule has 6 heteroatoms. The van der Waals surface area contributed by atoms with E-state index in [0.717, 1.165) is 37.5 Å². The van der Waals surface area contributed by atoms with E-state index in [4.69, 9.17) is 0 Å². The summed E-state index contributed by atoms with van der Waals surface area (Å²) in [6, 6.07) is 0. The Balaban J connectivity index is 0.000000129. The Bertz CT molecular complexity index is 702. The molecule has 0 unspecified atom stereocenters. The molecule has 1 saturated heterocycles. The van der Waals surface area contributed by atoms with Crippen LogP contribution >= 0.6 is 0 Å². The Kier molecular flexibility index (Phi) is 4.04. The molecular formula is C18H22N4O2. The van der Waals surface area contributed by atoms with Gasteiger partial charge in [0.25, 0.3) is 11.8 Å². The molecule has 1 aliphatic carbocycles. The first-order valence-electron chi connectivity index (χ1n) is 8.85. The predicted octanol–water partition coefficient (Wildman–Crippen LogP) is 2.04. The number of hydrogen-bond acceptors (Lipinski definition) is 4. The van der Waals surface area contributed by atoms with E-state index >= 15 is 0 Å². The number of rotatable bonds is 0. The SMILES string of the molecule is O=C1CN2C=CC3=C(CCCC3)C2=N1.O=C1CN2CCCCC2=N1. The number of fused-ring (bicyclic) bond motifs is 3. The van der Waals surface area contributed by atoms with Gasteiger partial charge < -0.3 is 9.80 Å². The molecule has 0 aromatic rings. The molecule has 0 N–H and O–H groups in total. The maximum atomic E-state index is 11.2. The van der Waals surface area contributed by atoms with Crippen LogP contribution < -0.4 is 0 Å². The molecule has 0 bridgehead atoms. The van der Waals surface area contributed by atoms with E-state index in [1.807, 2.05) is 11.1 Å². The van der Waals surface area contributed by atoms with Crippen molar-refractivity contribution in [3.05, 3.63) is 23.4 Å². The van der Waals surface area contributed by atoms with Gasteiger partial charge in [-0.15, -0.1) is 0 Å². The van der Waals surface area contributed by atoms with E-state index in [0.29, 0.717) is 13.1 Å². The van der Waals surface area contributed by atoms with E-state index in [1.165, 1.54) is 36.8 Å². The second-order valence-electron chi connectivity index (χ2n) is 6.78. The highest BCUT2D eigenvalue weighted by molar-refractivity contribution is 6.12. The lowest BCUT2D eigenvalue weighted by atomic mass is 9.89. The van der Waals surface area contributed by atoms with Crippen LogP contribution in [0.15, 0.2) is 33.4 Å². The first-order chi connectivity index (χ1) is 11.7. The number of aliphatic imine (C=N–C) groups is 2. The molecule has 4 aliphatic heterocycles. The van der Waals surface area contributed by atoms with E-state index < -0.39 is 0 Å². The number of amides is 2. The molecule has 126 valence electrons. The molecule has 1 fully saturated rings. The molecule has 0 saturated carbocycles. The van der Waals surface area contributed by atoms with E-state index in [1.54, 1.807) is 0 Å². The van der Waals surface area contributed by atoms with Crippen molar-refractivity contribution in [1.29, 1.82) is 0 Å². The number of carbonyl (C=O) groups is 2. The van der Waals surface area contributed by atoms with Crippen LogP contribution in [0.5, 0.6) is 0 Å². The quantitative estimate of drug-likeness (QED) is 0.683. The van der Waals surface area contributed by atoms with Crippen molar-refractivity contribution in [2.24, 2.45) is 9.98 Å². The fourth-order valence-electron chi connectivity index (χ4n) is 3.86. The molecule has 2 amide bonds. The number of carbonyl (C=O) groups excluding carboxylic acids is 2. The third-order valence-electron chi connectivity index (χ3n) is 5.07. The molecule has 4 heterocycles. The summed E-state index contributed by atoms with van der Waals surface area (Å²) in [5.74, 6) is 1.98. The van der Waals surface area contributed by atoms with Crippen LogP contribution in [0.2, 0.25) is 0 Å². The molecule has 5 rings (SSSR count). The zero-order valence-electron chi connectivity index (χ0n) is 13.8. The second kappa shape index (κ2) is 6.34. The number of hydrogen-bond donors (Lipinski definition) is 0. The highest BCUT2D eigenvalue weighted by Gasteiger charge is 2.29. The number of allylic oxidation sites excluding steroid dienone is 2. The smallest absolute Gasteiger partial charge is 0.267 e. The zero-order chi connectivity index (χ0) is 16.5. The monoisotopic (exact) mass is 326 g/mol. The molecule has 6 nitrogen and oxygen atoms in total. The van der Waals surface area contributed by atoms with Gasteiger partial charge in [-0.05, 0) is 55.7 Å². The van der Waals surface area contributed by atoms with Gasteiger partial charge in [0.1, 0.15) is 24.8 Å². The van der Waals surface area contributed by atoms with Crippen LogP contribution in [0.25, 0.3) is 0 Å². The lowest BCUT2D eigenvalue weighted by molar-refractivity contribution is -0.117. The van der Waals surface area contributed by atoms with Crippen LogP contribution in [0, 0.1) is 0 Å². The number of nitrogens with zero attached hydrogens (tertiary/aromatic N) is 4. The second-order valence-corrected chi connectivity index (χ2v) is 6.78. The Hall–Kier alpha value is -2.24. The van der Waals surface area contributed by atoms with Gasteiger partial charge in [0.05, 0.1) is 0 Å². The number of amidine groups is 2. The topological polar surface area (TPSA) is 65.3 Å². The van der Waals surface area contributed by atoms with Crippen molar-refractivity contribution in [3.63, 3.8) is 0 Å². The average Bonchev–Trinajstić information content (AvgIpc) is 3.16. The molecule has 5 aliphatic rings. The lowest BCUT2D eigenvalue weighted by Gasteiger charge is -2.26. The molecule has 0 aromatic heterocycles. The summed E-state index contributed by atoms with van der Waals surface area (Å²) in [7, 11) is 0. The third kappa shape index (κ3) is 2.92. The highest BCUT2D eigenvalue weighted by atomic mass is 16.2. The molecule has 0 spiro atoms. The standard InChI is InChI=1S/C11H12N2O.C7H10N2O/c14-10-7-13-6-5-8-3-1-2-4-9(8)11(13)12-10;10-7-5-9-4-2-1-3-6(9)8-7/h5-6H,1-4,7H2;1-5H2. The first kappa shape index (κ1) is 15.3. The summed E-state index contributed by atoms with van der Waals surface area (Å²) in [5.41, 5.74) is 2.70. The molecule has 0 atom stereocenters. The van der Waals surface area contributed by atoms with E-state index in [2.05, 4.69) is 21.0 Å². The third-order valence-corrected chi connectivity index (χ3v) is 5.07. The average molecular weight is 326 g/mol. The molecule has 24 heavy (non-hydrogen) atoms. The van der Waals surface area contributed by atoms with Crippen molar-refractivity contribution in [2.75, 3.05) is 19.6 Å². The van der Waals surface area contributed by atoms with Crippen LogP contribution in [-0.2, 0) is 9.59 Å². The summed E-state index contributed by atoms with van der Waals surface area (Å²) in [6.45, 7) is 2.00. The largest absolute Gasteiger partial charge is 0.351 e. The van der Waals surface area contributed by atoms with Crippen LogP contribution in [0.1, 0.15) is 44.9 Å². The lowest BCUT2D eigenvalue weighted by Crippen LogP contribution is -2.32. The van der Waals surface area contributed by atoms with Gasteiger partial charge in [0.15, 0.2) is 0 Å². The van der Waals surface area contributed by atoms with Gasteiger partial charge in [0.2, 0.25) is 0 Å².